The Bertz CT molecular complexity index is 1390. The van der Waals surface area contributed by atoms with Crippen LogP contribution in [0.1, 0.15) is 29.3 Å². The molecular weight excluding hydrogens is 549 g/mol. The molecule has 0 aliphatic heterocycles. The van der Waals surface area contributed by atoms with Gasteiger partial charge < -0.3 is 15.7 Å². The first kappa shape index (κ1) is 27.8. The Morgan fingerprint density at radius 3 is 2.11 bits per heavy atom. The number of nitrogens with one attached hydrogen (secondary N) is 3. The molecule has 0 aliphatic carbocycles. The third-order valence-corrected chi connectivity index (χ3v) is 7.80. The van der Waals surface area contributed by atoms with Crippen LogP contribution >= 0.6 is 34.8 Å². The van der Waals surface area contributed by atoms with E-state index in [1.165, 1.54) is 30.3 Å². The maximum absolute atomic E-state index is 12.8. The Morgan fingerprint density at radius 2 is 1.53 bits per heavy atom. The normalized spacial score (nSPS) is 12.1. The second-order valence-electron chi connectivity index (χ2n) is 7.75. The molecule has 1 atom stereocenters. The first-order valence-electron chi connectivity index (χ1n) is 10.6. The average Bonchev–Trinajstić information content (AvgIpc) is 2.84. The van der Waals surface area contributed by atoms with Crippen LogP contribution in [0.5, 0.6) is 5.75 Å². The van der Waals surface area contributed by atoms with Gasteiger partial charge in [-0.2, -0.15) is 4.72 Å². The molecule has 12 heteroatoms. The molecule has 1 unspecified atom stereocenters. The molecule has 3 aromatic rings. The van der Waals surface area contributed by atoms with E-state index in [-0.39, 0.29) is 39.0 Å². The van der Waals surface area contributed by atoms with Crippen molar-refractivity contribution in [2.24, 2.45) is 0 Å². The van der Waals surface area contributed by atoms with Crippen molar-refractivity contribution in [2.75, 3.05) is 10.6 Å². The Balaban J connectivity index is 1.75. The highest BCUT2D eigenvalue weighted by Gasteiger charge is 2.25. The number of hydrogen-bond acceptors (Lipinski definition) is 5. The minimum absolute atomic E-state index is 0.00260. The van der Waals surface area contributed by atoms with Gasteiger partial charge in [0.25, 0.3) is 5.91 Å². The maximum atomic E-state index is 12.8. The number of phenolic OH excluding ortho intramolecular Hbond substituents is 1. The van der Waals surface area contributed by atoms with Crippen LogP contribution < -0.4 is 15.4 Å². The third kappa shape index (κ3) is 6.48. The summed E-state index contributed by atoms with van der Waals surface area (Å²) in [7, 11) is -3.94. The van der Waals surface area contributed by atoms with Crippen LogP contribution in [0.2, 0.25) is 15.1 Å². The van der Waals surface area contributed by atoms with Gasteiger partial charge in [-0.1, -0.05) is 59.9 Å². The van der Waals surface area contributed by atoms with Gasteiger partial charge in [0.15, 0.2) is 0 Å². The zero-order chi connectivity index (χ0) is 26.6. The largest absolute Gasteiger partial charge is 0.506 e. The first-order valence-corrected chi connectivity index (χ1v) is 13.2. The summed E-state index contributed by atoms with van der Waals surface area (Å²) in [6.07, 6.45) is 0.150. The number of amides is 2. The van der Waals surface area contributed by atoms with Crippen LogP contribution in [0.15, 0.2) is 59.5 Å². The van der Waals surface area contributed by atoms with E-state index in [4.69, 9.17) is 34.8 Å². The lowest BCUT2D eigenvalue weighted by atomic mass is 10.1. The minimum Gasteiger partial charge on any atom is -0.506 e. The molecule has 4 N–H and O–H groups in total. The van der Waals surface area contributed by atoms with Gasteiger partial charge in [0, 0.05) is 21.7 Å². The summed E-state index contributed by atoms with van der Waals surface area (Å²) in [5.41, 5.74) is 0.792. The predicted octanol–water partition coefficient (Wildman–Crippen LogP) is 5.61. The molecule has 0 heterocycles. The maximum Gasteiger partial charge on any atom is 0.255 e. The van der Waals surface area contributed by atoms with Crippen LogP contribution in [0.3, 0.4) is 0 Å². The predicted molar refractivity (Wildman–Crippen MR) is 142 cm³/mol. The number of hydrogen-bond donors (Lipinski definition) is 4. The Morgan fingerprint density at radius 1 is 0.917 bits per heavy atom. The van der Waals surface area contributed by atoms with Gasteiger partial charge in [-0.3, -0.25) is 9.59 Å². The van der Waals surface area contributed by atoms with E-state index in [0.29, 0.717) is 15.6 Å². The van der Waals surface area contributed by atoms with Crippen molar-refractivity contribution in [1.29, 1.82) is 0 Å². The number of benzene rings is 3. The molecule has 36 heavy (non-hydrogen) atoms. The fourth-order valence-corrected chi connectivity index (χ4v) is 5.12. The standard InChI is InChI=1S/C24H22Cl3N3O5S/c1-3-19(30-36(34,35)15-7-5-4-6-8-15)24(33)28-20-12-22(31)21(11-18(20)27)29-23(32)14-9-16(25)13(2)17(26)10-14/h4-12,19,30-31H,3H2,1-2H3,(H,28,33)(H,29,32). The van der Waals surface area contributed by atoms with Crippen LogP contribution in [-0.2, 0) is 14.8 Å². The molecule has 0 bridgehead atoms. The summed E-state index contributed by atoms with van der Waals surface area (Å²) in [5.74, 6) is -1.66. The van der Waals surface area contributed by atoms with Crippen LogP contribution in [-0.4, -0.2) is 31.4 Å². The Labute approximate surface area is 223 Å². The lowest BCUT2D eigenvalue weighted by molar-refractivity contribution is -0.117. The molecule has 0 saturated heterocycles. The van der Waals surface area contributed by atoms with E-state index < -0.39 is 27.9 Å². The van der Waals surface area contributed by atoms with E-state index >= 15 is 0 Å². The van der Waals surface area contributed by atoms with E-state index in [2.05, 4.69) is 15.4 Å². The summed E-state index contributed by atoms with van der Waals surface area (Å²) in [5, 5.41) is 16.0. The van der Waals surface area contributed by atoms with Gasteiger partial charge >= 0.3 is 0 Å². The quantitative estimate of drug-likeness (QED) is 0.262. The first-order chi connectivity index (χ1) is 16.9. The SMILES string of the molecule is CCC(NS(=O)(=O)c1ccccc1)C(=O)Nc1cc(O)c(NC(=O)c2cc(Cl)c(C)c(Cl)c2)cc1Cl. The minimum atomic E-state index is -3.94. The van der Waals surface area contributed by atoms with Crippen molar-refractivity contribution in [3.8, 4) is 5.75 Å². The Kier molecular flexibility index (Phi) is 8.86. The number of carbonyl (C=O) groups excluding carboxylic acids is 2. The Hall–Kier alpha value is -2.82. The summed E-state index contributed by atoms with van der Waals surface area (Å²) >= 11 is 18.4. The summed E-state index contributed by atoms with van der Waals surface area (Å²) < 4.78 is 27.5. The molecule has 0 aromatic heterocycles. The van der Waals surface area contributed by atoms with Crippen molar-refractivity contribution >= 4 is 68.0 Å². The molecule has 0 aliphatic rings. The highest BCUT2D eigenvalue weighted by Crippen LogP contribution is 2.35. The fourth-order valence-electron chi connectivity index (χ4n) is 3.13. The fraction of sp³-hybridized carbons (Fsp3) is 0.167. The highest BCUT2D eigenvalue weighted by molar-refractivity contribution is 7.89. The van der Waals surface area contributed by atoms with E-state index in [1.54, 1.807) is 32.0 Å². The number of aromatic hydroxyl groups is 1. The highest BCUT2D eigenvalue weighted by atomic mass is 35.5. The summed E-state index contributed by atoms with van der Waals surface area (Å²) in [6.45, 7) is 3.35. The van der Waals surface area contributed by atoms with E-state index in [1.807, 2.05) is 0 Å². The number of phenols is 1. The molecule has 0 radical (unpaired) electrons. The zero-order valence-electron chi connectivity index (χ0n) is 19.1. The lowest BCUT2D eigenvalue weighted by Gasteiger charge is -2.18. The van der Waals surface area contributed by atoms with Crippen molar-refractivity contribution in [2.45, 2.75) is 31.2 Å². The van der Waals surface area contributed by atoms with E-state index in [0.717, 1.165) is 6.07 Å². The molecule has 8 nitrogen and oxygen atoms in total. The summed E-state index contributed by atoms with van der Waals surface area (Å²) in [4.78, 5) is 25.4. The topological polar surface area (TPSA) is 125 Å². The molecule has 3 rings (SSSR count). The summed E-state index contributed by atoms with van der Waals surface area (Å²) in [6, 6.07) is 11.8. The number of halogens is 3. The van der Waals surface area contributed by atoms with Crippen molar-refractivity contribution in [3.63, 3.8) is 0 Å². The van der Waals surface area contributed by atoms with Crippen molar-refractivity contribution in [1.82, 2.24) is 4.72 Å². The van der Waals surface area contributed by atoms with E-state index in [9.17, 15) is 23.1 Å². The lowest BCUT2D eigenvalue weighted by Crippen LogP contribution is -2.43. The van der Waals surface area contributed by atoms with Crippen LogP contribution in [0.25, 0.3) is 0 Å². The monoisotopic (exact) mass is 569 g/mol. The van der Waals surface area contributed by atoms with Crippen LogP contribution in [0, 0.1) is 6.92 Å². The number of sulfonamides is 1. The average molecular weight is 571 g/mol. The van der Waals surface area contributed by atoms with Crippen molar-refractivity contribution < 1.29 is 23.1 Å². The number of carbonyl (C=O) groups is 2. The van der Waals surface area contributed by atoms with Gasteiger partial charge in [-0.15, -0.1) is 0 Å². The smallest absolute Gasteiger partial charge is 0.255 e. The van der Waals surface area contributed by atoms with Gasteiger partial charge in [0.2, 0.25) is 15.9 Å². The molecule has 0 fully saturated rings. The van der Waals surface area contributed by atoms with Gasteiger partial charge in [0.05, 0.1) is 21.3 Å². The van der Waals surface area contributed by atoms with Gasteiger partial charge in [-0.05, 0) is 49.2 Å². The molecule has 2 amide bonds. The molecule has 0 spiro atoms. The van der Waals surface area contributed by atoms with Gasteiger partial charge in [-0.25, -0.2) is 8.42 Å². The second-order valence-corrected chi connectivity index (χ2v) is 10.7. The zero-order valence-corrected chi connectivity index (χ0v) is 22.2. The molecule has 190 valence electrons. The molecule has 3 aromatic carbocycles. The molecular formula is C24H22Cl3N3O5S. The van der Waals surface area contributed by atoms with Crippen molar-refractivity contribution in [3.05, 3.63) is 80.8 Å². The second kappa shape index (κ2) is 11.5. The third-order valence-electron chi connectivity index (χ3n) is 5.21. The van der Waals surface area contributed by atoms with Crippen LogP contribution in [0.4, 0.5) is 11.4 Å². The van der Waals surface area contributed by atoms with Gasteiger partial charge in [0.1, 0.15) is 11.8 Å². The number of rotatable bonds is 8. The number of anilines is 2. The molecule has 0 saturated carbocycles.